The molecule has 0 spiro atoms. The number of rotatable bonds is 5. The van der Waals surface area contributed by atoms with Crippen LogP contribution < -0.4 is 0 Å². The maximum absolute atomic E-state index is 5.18. The lowest BCUT2D eigenvalue weighted by Gasteiger charge is -2.24. The Balaban J connectivity index is 0. The number of ether oxygens (including phenoxy) is 3. The monoisotopic (exact) mass is 219 g/mol. The van der Waals surface area contributed by atoms with E-state index in [-0.39, 0.29) is 0 Å². The van der Waals surface area contributed by atoms with Crippen molar-refractivity contribution >= 4 is 0 Å². The van der Waals surface area contributed by atoms with Gasteiger partial charge in [0.1, 0.15) is 0 Å². The molecule has 0 unspecified atom stereocenters. The molecule has 0 radical (unpaired) electrons. The molecule has 92 valence electrons. The Kier molecular flexibility index (Phi) is 11.2. The summed E-state index contributed by atoms with van der Waals surface area (Å²) < 4.78 is 14.6. The van der Waals surface area contributed by atoms with Crippen molar-refractivity contribution in [2.24, 2.45) is 0 Å². The van der Waals surface area contributed by atoms with E-state index in [1.807, 2.05) is 38.2 Å². The van der Waals surface area contributed by atoms with Crippen molar-refractivity contribution in [3.8, 4) is 0 Å². The molecule has 0 bridgehead atoms. The maximum Gasteiger partial charge on any atom is 0.168 e. The van der Waals surface area contributed by atoms with Crippen LogP contribution >= 0.6 is 0 Å². The van der Waals surface area contributed by atoms with Gasteiger partial charge in [0, 0.05) is 49.0 Å². The summed E-state index contributed by atoms with van der Waals surface area (Å²) in [6.07, 6.45) is 4.75. The normalized spacial score (nSPS) is 11.1. The Morgan fingerprint density at radius 3 is 1.73 bits per heavy atom. The van der Waals surface area contributed by atoms with Gasteiger partial charge in [-0.15, -0.1) is 0 Å². The number of nitrogens with zero attached hydrogens (tertiary/aromatic N) is 1. The van der Waals surface area contributed by atoms with Crippen LogP contribution in [0.4, 0.5) is 0 Å². The molecule has 0 atom stereocenters. The van der Waals surface area contributed by atoms with E-state index in [9.17, 15) is 0 Å². The van der Waals surface area contributed by atoms with Crippen molar-refractivity contribution in [3.05, 3.63) is 12.3 Å². The van der Waals surface area contributed by atoms with E-state index in [4.69, 9.17) is 9.47 Å². The summed E-state index contributed by atoms with van der Waals surface area (Å²) in [4.78, 5) is 1.98. The van der Waals surface area contributed by atoms with Gasteiger partial charge in [0.05, 0.1) is 0 Å². The third-order valence-electron chi connectivity index (χ3n) is 1.76. The van der Waals surface area contributed by atoms with E-state index >= 15 is 0 Å². The van der Waals surface area contributed by atoms with Crippen LogP contribution in [-0.4, -0.2) is 53.2 Å². The molecular formula is C11H25NO3. The van der Waals surface area contributed by atoms with Gasteiger partial charge in [-0.1, -0.05) is 6.08 Å². The van der Waals surface area contributed by atoms with Crippen LogP contribution in [0.1, 0.15) is 13.3 Å². The summed E-state index contributed by atoms with van der Waals surface area (Å²) >= 11 is 0. The molecule has 0 N–H and O–H groups in total. The van der Waals surface area contributed by atoms with Crippen LogP contribution in [-0.2, 0) is 14.2 Å². The number of hydrogen-bond donors (Lipinski definition) is 0. The minimum atomic E-state index is -0.494. The average Bonchev–Trinajstić information content (AvgIpc) is 2.18. The highest BCUT2D eigenvalue weighted by molar-refractivity contribution is 4.84. The van der Waals surface area contributed by atoms with E-state index in [0.29, 0.717) is 0 Å². The van der Waals surface area contributed by atoms with Gasteiger partial charge >= 0.3 is 0 Å². The summed E-state index contributed by atoms with van der Waals surface area (Å²) in [6.45, 7) is 1.91. The third-order valence-corrected chi connectivity index (χ3v) is 1.76. The molecule has 0 aliphatic carbocycles. The zero-order chi connectivity index (χ0) is 12.3. The molecule has 4 nitrogen and oxygen atoms in total. The van der Waals surface area contributed by atoms with Gasteiger partial charge in [0.15, 0.2) is 5.79 Å². The summed E-state index contributed by atoms with van der Waals surface area (Å²) in [5, 5.41) is 0. The lowest BCUT2D eigenvalue weighted by Crippen LogP contribution is -2.28. The summed E-state index contributed by atoms with van der Waals surface area (Å²) in [6, 6.07) is 0. The molecule has 0 saturated carbocycles. The van der Waals surface area contributed by atoms with Gasteiger partial charge in [-0.25, -0.2) is 0 Å². The maximum atomic E-state index is 5.18. The second kappa shape index (κ2) is 9.96. The highest BCUT2D eigenvalue weighted by Gasteiger charge is 2.19. The highest BCUT2D eigenvalue weighted by atomic mass is 16.7. The molecule has 4 heteroatoms. The van der Waals surface area contributed by atoms with Crippen LogP contribution in [0.2, 0.25) is 0 Å². The van der Waals surface area contributed by atoms with Crippen LogP contribution in [0.3, 0.4) is 0 Å². The lowest BCUT2D eigenvalue weighted by molar-refractivity contribution is -0.190. The van der Waals surface area contributed by atoms with Crippen LogP contribution in [0.5, 0.6) is 0 Å². The van der Waals surface area contributed by atoms with Crippen molar-refractivity contribution in [3.63, 3.8) is 0 Å². The first-order valence-electron chi connectivity index (χ1n) is 4.79. The molecule has 0 heterocycles. The molecule has 15 heavy (non-hydrogen) atoms. The fourth-order valence-electron chi connectivity index (χ4n) is 0.728. The molecular weight excluding hydrogens is 194 g/mol. The minimum Gasteiger partial charge on any atom is -0.388 e. The summed E-state index contributed by atoms with van der Waals surface area (Å²) in [5.41, 5.74) is 0. The first-order chi connectivity index (χ1) is 6.95. The van der Waals surface area contributed by atoms with Crippen molar-refractivity contribution < 1.29 is 14.2 Å². The van der Waals surface area contributed by atoms with Crippen LogP contribution in [0.25, 0.3) is 0 Å². The molecule has 0 aromatic carbocycles. The van der Waals surface area contributed by atoms with Crippen LogP contribution in [0.15, 0.2) is 12.3 Å². The predicted molar refractivity (Wildman–Crippen MR) is 62.8 cm³/mol. The fourth-order valence-corrected chi connectivity index (χ4v) is 0.728. The summed E-state index contributed by atoms with van der Waals surface area (Å²) in [5.74, 6) is -0.494. The zero-order valence-electron chi connectivity index (χ0n) is 11.0. The largest absolute Gasteiger partial charge is 0.388 e. The Labute approximate surface area is 93.8 Å². The quantitative estimate of drug-likeness (QED) is 0.659. The standard InChI is InChI=1S/C9H19NO2.C2H6O/c1-9(11-4,12-5)7-6-8-10(2)3;1-3-2/h6,8H,7H2,1-5H3;1-2H3/b8-6-;. The Bertz CT molecular complexity index is 154. The number of hydrogen-bond acceptors (Lipinski definition) is 4. The van der Waals surface area contributed by atoms with Gasteiger partial charge in [0.25, 0.3) is 0 Å². The van der Waals surface area contributed by atoms with Crippen LogP contribution in [0, 0.1) is 0 Å². The average molecular weight is 219 g/mol. The van der Waals surface area contributed by atoms with Gasteiger partial charge in [-0.2, -0.15) is 0 Å². The SMILES string of the molecule is COC.COC(C)(C/C=C\N(C)C)OC. The Hall–Kier alpha value is -0.580. The van der Waals surface area contributed by atoms with E-state index in [1.165, 1.54) is 0 Å². The zero-order valence-corrected chi connectivity index (χ0v) is 11.0. The van der Waals surface area contributed by atoms with E-state index < -0.39 is 5.79 Å². The van der Waals surface area contributed by atoms with Crippen molar-refractivity contribution in [1.29, 1.82) is 0 Å². The molecule has 0 fully saturated rings. The minimum absolute atomic E-state index is 0.494. The van der Waals surface area contributed by atoms with Crippen molar-refractivity contribution in [2.75, 3.05) is 42.5 Å². The van der Waals surface area contributed by atoms with Gasteiger partial charge < -0.3 is 19.1 Å². The molecule has 0 aromatic rings. The smallest absolute Gasteiger partial charge is 0.168 e. The predicted octanol–water partition coefficient (Wildman–Crippen LogP) is 1.72. The van der Waals surface area contributed by atoms with Gasteiger partial charge in [0.2, 0.25) is 0 Å². The molecule has 0 aliphatic heterocycles. The lowest BCUT2D eigenvalue weighted by atomic mass is 10.2. The third kappa shape index (κ3) is 11.3. The first-order valence-corrected chi connectivity index (χ1v) is 4.79. The second-order valence-corrected chi connectivity index (χ2v) is 3.50. The highest BCUT2D eigenvalue weighted by Crippen LogP contribution is 2.15. The molecule has 0 aromatic heterocycles. The van der Waals surface area contributed by atoms with Crippen molar-refractivity contribution in [2.45, 2.75) is 19.1 Å². The van der Waals surface area contributed by atoms with E-state index in [2.05, 4.69) is 4.74 Å². The molecule has 0 amide bonds. The van der Waals surface area contributed by atoms with Gasteiger partial charge in [-0.05, 0) is 13.1 Å². The molecule has 0 saturated heterocycles. The molecule has 0 rings (SSSR count). The Morgan fingerprint density at radius 1 is 1.07 bits per heavy atom. The number of methoxy groups -OCH3 is 3. The van der Waals surface area contributed by atoms with Gasteiger partial charge in [-0.3, -0.25) is 0 Å². The van der Waals surface area contributed by atoms with E-state index in [0.717, 1.165) is 6.42 Å². The van der Waals surface area contributed by atoms with Crippen molar-refractivity contribution in [1.82, 2.24) is 4.90 Å². The first kappa shape index (κ1) is 16.8. The Morgan fingerprint density at radius 2 is 1.47 bits per heavy atom. The fraction of sp³-hybridized carbons (Fsp3) is 0.818. The second-order valence-electron chi connectivity index (χ2n) is 3.50. The topological polar surface area (TPSA) is 30.9 Å². The summed E-state index contributed by atoms with van der Waals surface area (Å²) in [7, 11) is 10.5. The van der Waals surface area contributed by atoms with E-state index in [1.54, 1.807) is 28.4 Å². The molecule has 0 aliphatic rings.